The van der Waals surface area contributed by atoms with Crippen LogP contribution in [0.1, 0.15) is 19.8 Å². The quantitative estimate of drug-likeness (QED) is 0.334. The van der Waals surface area contributed by atoms with Crippen molar-refractivity contribution in [3.8, 4) is 0 Å². The number of rotatable bonds is 9. The van der Waals surface area contributed by atoms with Crippen molar-refractivity contribution in [2.24, 2.45) is 0 Å². The summed E-state index contributed by atoms with van der Waals surface area (Å²) in [5.41, 5.74) is -0.0367. The summed E-state index contributed by atoms with van der Waals surface area (Å²) in [5, 5.41) is 26.5. The Morgan fingerprint density at radius 3 is 1.95 bits per heavy atom. The van der Waals surface area contributed by atoms with Crippen molar-refractivity contribution >= 4 is 5.97 Å². The summed E-state index contributed by atoms with van der Waals surface area (Å²) in [4.78, 5) is 11.0. The molecule has 124 valence electrons. The van der Waals surface area contributed by atoms with Crippen LogP contribution >= 0.6 is 0 Å². The molecule has 0 rings (SSSR count). The van der Waals surface area contributed by atoms with Gasteiger partial charge in [-0.3, -0.25) is 0 Å². The Hall–Kier alpha value is -1.19. The van der Waals surface area contributed by atoms with Crippen LogP contribution in [0.2, 0.25) is 0 Å². The zero-order valence-electron chi connectivity index (χ0n) is 11.4. The molecular weight excluding hydrogens is 300 g/mol. The Morgan fingerprint density at radius 2 is 1.57 bits per heavy atom. The van der Waals surface area contributed by atoms with Gasteiger partial charge >= 0.3 is 17.8 Å². The minimum Gasteiger partial charge on any atom is -0.460 e. The first-order valence-corrected chi connectivity index (χ1v) is 5.98. The Balaban J connectivity index is 4.56. The molecule has 3 N–H and O–H groups in total. The molecule has 2 atom stereocenters. The highest BCUT2D eigenvalue weighted by Crippen LogP contribution is 2.41. The maximum Gasteiger partial charge on any atom is 0.333 e. The van der Waals surface area contributed by atoms with Gasteiger partial charge < -0.3 is 20.1 Å². The van der Waals surface area contributed by atoms with Crippen LogP contribution < -0.4 is 0 Å². The highest BCUT2D eigenvalue weighted by molar-refractivity contribution is 5.86. The molecule has 0 saturated heterocycles. The number of alkyl halides is 4. The number of aliphatic hydroxyl groups excluding tert-OH is 3. The number of carbonyl (C=O) groups excluding carboxylic acids is 1. The van der Waals surface area contributed by atoms with Crippen LogP contribution in [0.5, 0.6) is 0 Å². The Morgan fingerprint density at radius 1 is 1.14 bits per heavy atom. The number of ether oxygens (including phenoxy) is 1. The van der Waals surface area contributed by atoms with Crippen molar-refractivity contribution < 1.29 is 42.4 Å². The highest BCUT2D eigenvalue weighted by Gasteiger charge is 2.57. The third kappa shape index (κ3) is 6.40. The third-order valence-corrected chi connectivity index (χ3v) is 2.49. The van der Waals surface area contributed by atoms with Crippen molar-refractivity contribution in [2.75, 3.05) is 13.2 Å². The van der Waals surface area contributed by atoms with Gasteiger partial charge in [0.15, 0.2) is 0 Å². The third-order valence-electron chi connectivity index (χ3n) is 2.49. The first-order chi connectivity index (χ1) is 9.43. The monoisotopic (exact) mass is 318 g/mol. The van der Waals surface area contributed by atoms with Crippen LogP contribution in [0.3, 0.4) is 0 Å². The minimum absolute atomic E-state index is 0.0367. The largest absolute Gasteiger partial charge is 0.460 e. The first kappa shape index (κ1) is 19.8. The van der Waals surface area contributed by atoms with Crippen LogP contribution in [0.4, 0.5) is 17.6 Å². The average molecular weight is 318 g/mol. The summed E-state index contributed by atoms with van der Waals surface area (Å²) >= 11 is 0. The molecule has 0 aliphatic carbocycles. The number of carbonyl (C=O) groups is 1. The summed E-state index contributed by atoms with van der Waals surface area (Å²) in [6.07, 6.45) is -7.35. The molecule has 0 heterocycles. The number of halogens is 4. The predicted molar refractivity (Wildman–Crippen MR) is 64.0 cm³/mol. The molecule has 9 heteroatoms. The van der Waals surface area contributed by atoms with Gasteiger partial charge in [0.2, 0.25) is 0 Å². The van der Waals surface area contributed by atoms with Gasteiger partial charge in [-0.1, -0.05) is 6.58 Å². The van der Waals surface area contributed by atoms with Crippen molar-refractivity contribution in [1.82, 2.24) is 0 Å². The van der Waals surface area contributed by atoms with E-state index in [1.807, 2.05) is 0 Å². The second kappa shape index (κ2) is 7.71. The molecule has 2 unspecified atom stereocenters. The molecule has 0 aliphatic rings. The van der Waals surface area contributed by atoms with Crippen LogP contribution in [0.25, 0.3) is 0 Å². The molecule has 5 nitrogen and oxygen atoms in total. The lowest BCUT2D eigenvalue weighted by molar-refractivity contribution is -0.235. The van der Waals surface area contributed by atoms with Gasteiger partial charge in [0.1, 0.15) is 6.61 Å². The van der Waals surface area contributed by atoms with Gasteiger partial charge in [0, 0.05) is 18.4 Å². The maximum atomic E-state index is 13.4. The Bertz CT molecular complexity index is 373. The fourth-order valence-electron chi connectivity index (χ4n) is 1.31. The van der Waals surface area contributed by atoms with E-state index in [1.165, 1.54) is 6.92 Å². The molecular formula is C12H18F4O5. The maximum absolute atomic E-state index is 13.4. The number of esters is 1. The summed E-state index contributed by atoms with van der Waals surface area (Å²) < 4.78 is 57.7. The van der Waals surface area contributed by atoms with Gasteiger partial charge in [0.25, 0.3) is 0 Å². The average Bonchev–Trinajstić information content (AvgIpc) is 2.34. The van der Waals surface area contributed by atoms with Crippen LogP contribution in [0, 0.1) is 0 Å². The van der Waals surface area contributed by atoms with Crippen LogP contribution in [0.15, 0.2) is 12.2 Å². The molecule has 0 aliphatic heterocycles. The number of hydrogen-bond acceptors (Lipinski definition) is 5. The molecule has 0 aromatic carbocycles. The zero-order chi connectivity index (χ0) is 16.8. The molecule has 0 fully saturated rings. The van der Waals surface area contributed by atoms with E-state index in [0.29, 0.717) is 0 Å². The fraction of sp³-hybridized carbons (Fsp3) is 0.750. The van der Waals surface area contributed by atoms with E-state index < -0.39 is 56.1 Å². The molecule has 0 amide bonds. The second-order valence-corrected chi connectivity index (χ2v) is 4.69. The van der Waals surface area contributed by atoms with Crippen molar-refractivity contribution in [3.63, 3.8) is 0 Å². The van der Waals surface area contributed by atoms with E-state index in [0.717, 1.165) is 0 Å². The standard InChI is InChI=1S/C12H18F4O5/c1-7(2)10(20)21-6-9(19)4-12(15,16)11(13,14)3-8(18)5-17/h8-9,17-19H,1,3-6H2,2H3. The molecule has 0 aromatic rings. The molecule has 0 radical (unpaired) electrons. The summed E-state index contributed by atoms with van der Waals surface area (Å²) in [7, 11) is 0. The van der Waals surface area contributed by atoms with E-state index in [9.17, 15) is 27.5 Å². The van der Waals surface area contributed by atoms with Crippen molar-refractivity contribution in [3.05, 3.63) is 12.2 Å². The summed E-state index contributed by atoms with van der Waals surface area (Å²) in [6.45, 7) is 2.52. The zero-order valence-corrected chi connectivity index (χ0v) is 11.4. The summed E-state index contributed by atoms with van der Waals surface area (Å²) in [5.74, 6) is -10.2. The second-order valence-electron chi connectivity index (χ2n) is 4.69. The Labute approximate surface area is 118 Å². The topological polar surface area (TPSA) is 87.0 Å². The SMILES string of the molecule is C=C(C)C(=O)OCC(O)CC(F)(F)C(F)(F)CC(O)CO. The molecule has 0 saturated carbocycles. The highest BCUT2D eigenvalue weighted by atomic mass is 19.3. The first-order valence-electron chi connectivity index (χ1n) is 5.98. The molecule has 21 heavy (non-hydrogen) atoms. The van der Waals surface area contributed by atoms with E-state index in [1.54, 1.807) is 0 Å². The smallest absolute Gasteiger partial charge is 0.333 e. The van der Waals surface area contributed by atoms with E-state index in [2.05, 4.69) is 11.3 Å². The summed E-state index contributed by atoms with van der Waals surface area (Å²) in [6, 6.07) is 0. The predicted octanol–water partition coefficient (Wildman–Crippen LogP) is 0.871. The van der Waals surface area contributed by atoms with Gasteiger partial charge in [-0.2, -0.15) is 17.6 Å². The molecule has 0 bridgehead atoms. The van der Waals surface area contributed by atoms with Crippen LogP contribution in [-0.4, -0.2) is 58.6 Å². The fourth-order valence-corrected chi connectivity index (χ4v) is 1.31. The van der Waals surface area contributed by atoms with Gasteiger partial charge in [-0.25, -0.2) is 4.79 Å². The van der Waals surface area contributed by atoms with Crippen LogP contribution in [-0.2, 0) is 9.53 Å². The lowest BCUT2D eigenvalue weighted by Gasteiger charge is -2.29. The lowest BCUT2D eigenvalue weighted by atomic mass is 9.99. The van der Waals surface area contributed by atoms with Gasteiger partial charge in [-0.15, -0.1) is 0 Å². The van der Waals surface area contributed by atoms with E-state index >= 15 is 0 Å². The van der Waals surface area contributed by atoms with Gasteiger partial charge in [-0.05, 0) is 6.92 Å². The van der Waals surface area contributed by atoms with Crippen molar-refractivity contribution in [2.45, 2.75) is 43.8 Å². The van der Waals surface area contributed by atoms with E-state index in [4.69, 9.17) is 10.2 Å². The minimum atomic E-state index is -4.64. The molecule has 0 spiro atoms. The van der Waals surface area contributed by atoms with Crippen molar-refractivity contribution in [1.29, 1.82) is 0 Å². The number of aliphatic hydroxyl groups is 3. The van der Waals surface area contributed by atoms with Gasteiger partial charge in [0.05, 0.1) is 18.8 Å². The van der Waals surface area contributed by atoms with E-state index in [-0.39, 0.29) is 5.57 Å². The Kier molecular flexibility index (Phi) is 7.28. The molecule has 0 aromatic heterocycles. The normalized spacial score (nSPS) is 15.4. The number of hydrogen-bond donors (Lipinski definition) is 3. The lowest BCUT2D eigenvalue weighted by Crippen LogP contribution is -2.46.